The molecule has 0 aliphatic rings. The number of rotatable bonds is 2. The van der Waals surface area contributed by atoms with Crippen LogP contribution in [0.2, 0.25) is 0 Å². The molecule has 0 atom stereocenters. The second-order valence-corrected chi connectivity index (χ2v) is 5.05. The summed E-state index contributed by atoms with van der Waals surface area (Å²) < 4.78 is 0. The van der Waals surface area contributed by atoms with Crippen LogP contribution >= 0.6 is 12.4 Å². The van der Waals surface area contributed by atoms with Gasteiger partial charge in [0, 0.05) is 16.6 Å². The van der Waals surface area contributed by atoms with E-state index in [-0.39, 0.29) is 23.5 Å². The predicted molar refractivity (Wildman–Crippen MR) is 96.6 cm³/mol. The van der Waals surface area contributed by atoms with Crippen molar-refractivity contribution in [3.05, 3.63) is 70.5 Å². The van der Waals surface area contributed by atoms with Crippen LogP contribution < -0.4 is 16.6 Å². The van der Waals surface area contributed by atoms with Gasteiger partial charge in [0.05, 0.1) is 0 Å². The fourth-order valence-corrected chi connectivity index (χ4v) is 2.37. The summed E-state index contributed by atoms with van der Waals surface area (Å²) in [6.45, 7) is 0. The van der Waals surface area contributed by atoms with Crippen LogP contribution in [0.3, 0.4) is 0 Å². The molecule has 24 heavy (non-hydrogen) atoms. The van der Waals surface area contributed by atoms with Crippen LogP contribution in [0.4, 0.5) is 0 Å². The molecule has 0 bridgehead atoms. The van der Waals surface area contributed by atoms with Gasteiger partial charge in [0.25, 0.3) is 11.5 Å². The molecule has 2 aromatic carbocycles. The number of aromatic amines is 1. The van der Waals surface area contributed by atoms with Crippen LogP contribution in [0.25, 0.3) is 22.0 Å². The largest absolute Gasteiger partial charge is 0.370 e. The molecule has 3 rings (SSSR count). The molecule has 0 aliphatic carbocycles. The van der Waals surface area contributed by atoms with Crippen molar-refractivity contribution in [2.45, 2.75) is 0 Å². The third-order valence-corrected chi connectivity index (χ3v) is 3.44. The third-order valence-electron chi connectivity index (χ3n) is 3.44. The Bertz CT molecular complexity index is 967. The van der Waals surface area contributed by atoms with E-state index in [1.165, 1.54) is 6.07 Å². The van der Waals surface area contributed by atoms with Gasteiger partial charge in [-0.25, -0.2) is 0 Å². The molecule has 0 spiro atoms. The average Bonchev–Trinajstić information content (AvgIpc) is 2.54. The molecular formula is C17H15ClN4O2. The second-order valence-electron chi connectivity index (χ2n) is 5.05. The van der Waals surface area contributed by atoms with Gasteiger partial charge in [-0.05, 0) is 29.1 Å². The van der Waals surface area contributed by atoms with E-state index in [9.17, 15) is 9.59 Å². The number of aromatic nitrogens is 1. The van der Waals surface area contributed by atoms with Gasteiger partial charge < -0.3 is 10.7 Å². The monoisotopic (exact) mass is 342 g/mol. The number of pyridine rings is 1. The number of nitrogens with two attached hydrogens (primary N) is 1. The van der Waals surface area contributed by atoms with Gasteiger partial charge >= 0.3 is 0 Å². The van der Waals surface area contributed by atoms with Gasteiger partial charge in [0.15, 0.2) is 5.96 Å². The minimum atomic E-state index is -0.522. The number of amides is 1. The predicted octanol–water partition coefficient (Wildman–Crippen LogP) is 2.24. The molecule has 1 heterocycles. The minimum Gasteiger partial charge on any atom is -0.370 e. The van der Waals surface area contributed by atoms with Crippen LogP contribution in [-0.4, -0.2) is 16.9 Å². The topological polar surface area (TPSA) is 112 Å². The Labute approximate surface area is 143 Å². The maximum Gasteiger partial charge on any atom is 0.257 e. The second kappa shape index (κ2) is 6.97. The Balaban J connectivity index is 0.00000208. The molecule has 6 nitrogen and oxygen atoms in total. The fraction of sp³-hybridized carbons (Fsp3) is 0. The van der Waals surface area contributed by atoms with E-state index in [1.54, 1.807) is 12.1 Å². The molecule has 0 unspecified atom stereocenters. The number of hydrogen-bond acceptors (Lipinski definition) is 3. The zero-order valence-electron chi connectivity index (χ0n) is 12.5. The number of hydrogen-bond donors (Lipinski definition) is 4. The third kappa shape index (κ3) is 3.44. The highest BCUT2D eigenvalue weighted by atomic mass is 35.5. The van der Waals surface area contributed by atoms with Crippen LogP contribution in [0.15, 0.2) is 59.4 Å². The summed E-state index contributed by atoms with van der Waals surface area (Å²) in [4.78, 5) is 27.0. The van der Waals surface area contributed by atoms with Crippen molar-refractivity contribution >= 4 is 35.0 Å². The Morgan fingerprint density at radius 1 is 1.08 bits per heavy atom. The molecule has 0 saturated heterocycles. The lowest BCUT2D eigenvalue weighted by molar-refractivity contribution is 0.0976. The number of nitrogens with one attached hydrogen (secondary N) is 3. The first-order valence-electron chi connectivity index (χ1n) is 6.92. The molecule has 0 radical (unpaired) electrons. The normalized spacial score (nSPS) is 10.0. The van der Waals surface area contributed by atoms with E-state index in [0.717, 1.165) is 10.9 Å². The van der Waals surface area contributed by atoms with Gasteiger partial charge in [-0.15, -0.1) is 12.4 Å². The molecular weight excluding hydrogens is 328 g/mol. The SMILES string of the molecule is Cl.N=C(N)NC(=O)c1ccc2cc(-c3ccccc3)[nH]c(=O)c2c1. The standard InChI is InChI=1S/C17H14N4O2.ClH/c18-17(19)21-15(22)12-7-6-11-9-14(10-4-2-1-3-5-10)20-16(23)13(11)8-12;/h1-9H,(H,20,23)(H4,18,19,21,22);1H. The summed E-state index contributed by atoms with van der Waals surface area (Å²) in [6.07, 6.45) is 0. The Kier molecular flexibility index (Phi) is 5.01. The number of fused-ring (bicyclic) bond motifs is 1. The lowest BCUT2D eigenvalue weighted by Crippen LogP contribution is -2.35. The zero-order chi connectivity index (χ0) is 16.4. The van der Waals surface area contributed by atoms with Gasteiger partial charge in [-0.1, -0.05) is 36.4 Å². The lowest BCUT2D eigenvalue weighted by atomic mass is 10.0. The van der Waals surface area contributed by atoms with Crippen molar-refractivity contribution in [3.8, 4) is 11.3 Å². The quantitative estimate of drug-likeness (QED) is 0.423. The summed E-state index contributed by atoms with van der Waals surface area (Å²) in [7, 11) is 0. The molecule has 0 fully saturated rings. The van der Waals surface area contributed by atoms with Crippen molar-refractivity contribution in [2.24, 2.45) is 5.73 Å². The van der Waals surface area contributed by atoms with Crippen molar-refractivity contribution < 1.29 is 4.79 Å². The van der Waals surface area contributed by atoms with Crippen LogP contribution in [-0.2, 0) is 0 Å². The van der Waals surface area contributed by atoms with E-state index >= 15 is 0 Å². The smallest absolute Gasteiger partial charge is 0.257 e. The van der Waals surface area contributed by atoms with Crippen molar-refractivity contribution in [3.63, 3.8) is 0 Å². The first-order chi connectivity index (χ1) is 11.0. The van der Waals surface area contributed by atoms with Gasteiger partial charge in [0.1, 0.15) is 0 Å². The number of carbonyl (C=O) groups is 1. The molecule has 0 saturated carbocycles. The van der Waals surface area contributed by atoms with E-state index in [1.807, 2.05) is 36.4 Å². The number of benzene rings is 2. The summed E-state index contributed by atoms with van der Waals surface area (Å²) in [5.41, 5.74) is 6.75. The highest BCUT2D eigenvalue weighted by Crippen LogP contribution is 2.20. The number of halogens is 1. The van der Waals surface area contributed by atoms with E-state index in [4.69, 9.17) is 11.1 Å². The first kappa shape index (κ1) is 17.2. The average molecular weight is 343 g/mol. The molecule has 1 amide bonds. The fourth-order valence-electron chi connectivity index (χ4n) is 2.37. The van der Waals surface area contributed by atoms with Gasteiger partial charge in [-0.2, -0.15) is 0 Å². The molecule has 1 aromatic heterocycles. The molecule has 7 heteroatoms. The summed E-state index contributed by atoms with van der Waals surface area (Å²) in [5.74, 6) is -0.964. The van der Waals surface area contributed by atoms with E-state index in [0.29, 0.717) is 11.1 Å². The first-order valence-corrected chi connectivity index (χ1v) is 6.92. The summed E-state index contributed by atoms with van der Waals surface area (Å²) >= 11 is 0. The molecule has 122 valence electrons. The maximum atomic E-state index is 12.3. The van der Waals surface area contributed by atoms with Crippen LogP contribution in [0.5, 0.6) is 0 Å². The highest BCUT2D eigenvalue weighted by molar-refractivity contribution is 6.06. The Morgan fingerprint density at radius 3 is 2.46 bits per heavy atom. The van der Waals surface area contributed by atoms with Gasteiger partial charge in [0.2, 0.25) is 0 Å². The van der Waals surface area contributed by atoms with E-state index in [2.05, 4.69) is 10.3 Å². The van der Waals surface area contributed by atoms with E-state index < -0.39 is 11.9 Å². The number of guanidine groups is 1. The van der Waals surface area contributed by atoms with Crippen molar-refractivity contribution in [1.29, 1.82) is 5.41 Å². The molecule has 0 aliphatic heterocycles. The number of H-pyrrole nitrogens is 1. The lowest BCUT2D eigenvalue weighted by Gasteiger charge is -2.06. The Morgan fingerprint density at radius 2 is 1.79 bits per heavy atom. The van der Waals surface area contributed by atoms with Gasteiger partial charge in [-0.3, -0.25) is 20.3 Å². The van der Waals surface area contributed by atoms with Crippen molar-refractivity contribution in [2.75, 3.05) is 0 Å². The maximum absolute atomic E-state index is 12.3. The summed E-state index contributed by atoms with van der Waals surface area (Å²) in [6, 6.07) is 16.2. The molecule has 3 aromatic rings. The minimum absolute atomic E-state index is 0. The van der Waals surface area contributed by atoms with Crippen LogP contribution in [0.1, 0.15) is 10.4 Å². The Hall–Kier alpha value is -3.12. The molecule has 5 N–H and O–H groups in total. The number of carbonyl (C=O) groups excluding carboxylic acids is 1. The van der Waals surface area contributed by atoms with Crippen LogP contribution in [0, 0.1) is 5.41 Å². The zero-order valence-corrected chi connectivity index (χ0v) is 13.3. The van der Waals surface area contributed by atoms with Crippen molar-refractivity contribution in [1.82, 2.24) is 10.3 Å². The highest BCUT2D eigenvalue weighted by Gasteiger charge is 2.10. The summed E-state index contributed by atoms with van der Waals surface area (Å²) in [5, 5.41) is 10.4.